The first-order valence-corrected chi connectivity index (χ1v) is 12.8. The molecule has 5 heteroatoms. The minimum absolute atomic E-state index is 0.507. The van der Waals surface area contributed by atoms with Crippen molar-refractivity contribution in [1.82, 2.24) is 0 Å². The van der Waals surface area contributed by atoms with Crippen LogP contribution < -0.4 is 20.9 Å². The predicted molar refractivity (Wildman–Crippen MR) is 151 cm³/mol. The number of aryl methyl sites for hydroxylation is 4. The van der Waals surface area contributed by atoms with Gasteiger partial charge in [-0.25, -0.2) is 0 Å². The van der Waals surface area contributed by atoms with Gasteiger partial charge in [-0.15, -0.1) is 0 Å². The molecule has 0 saturated carbocycles. The summed E-state index contributed by atoms with van der Waals surface area (Å²) in [5, 5.41) is 0. The van der Waals surface area contributed by atoms with Crippen molar-refractivity contribution in [3.63, 3.8) is 0 Å². The van der Waals surface area contributed by atoms with Gasteiger partial charge < -0.3 is 25.7 Å². The first-order chi connectivity index (χ1) is 18.1. The smallest absolute Gasteiger partial charge is 0.119 e. The molecule has 0 spiro atoms. The van der Waals surface area contributed by atoms with E-state index in [0.29, 0.717) is 26.4 Å². The molecule has 0 amide bonds. The van der Waals surface area contributed by atoms with Gasteiger partial charge in [-0.1, -0.05) is 48.5 Å². The van der Waals surface area contributed by atoms with Crippen LogP contribution in [-0.2, 0) is 30.4 Å². The summed E-state index contributed by atoms with van der Waals surface area (Å²) in [5.74, 6) is 1.71. The second kappa shape index (κ2) is 14.0. The Balaban J connectivity index is 1.05. The molecule has 0 aromatic heterocycles. The second-order valence-electron chi connectivity index (χ2n) is 9.08. The van der Waals surface area contributed by atoms with Crippen molar-refractivity contribution >= 4 is 11.4 Å². The van der Waals surface area contributed by atoms with Crippen LogP contribution in [0.4, 0.5) is 11.4 Å². The highest BCUT2D eigenvalue weighted by molar-refractivity contribution is 5.40. The molecule has 0 aliphatic carbocycles. The summed E-state index contributed by atoms with van der Waals surface area (Å²) in [4.78, 5) is 0. The normalized spacial score (nSPS) is 10.8. The lowest BCUT2D eigenvalue weighted by Crippen LogP contribution is -2.12. The molecule has 0 radical (unpaired) electrons. The van der Waals surface area contributed by atoms with E-state index in [0.717, 1.165) is 48.6 Å². The molecule has 4 rings (SSSR count). The van der Waals surface area contributed by atoms with Crippen molar-refractivity contribution < 1.29 is 14.2 Å². The monoisotopic (exact) mass is 496 g/mol. The molecule has 0 fully saturated rings. The molecular weight excluding hydrogens is 460 g/mol. The zero-order valence-electron chi connectivity index (χ0n) is 21.3. The van der Waals surface area contributed by atoms with E-state index in [4.69, 9.17) is 25.7 Å². The molecule has 0 aliphatic rings. The van der Waals surface area contributed by atoms with E-state index in [1.54, 1.807) is 0 Å². The fourth-order valence-corrected chi connectivity index (χ4v) is 3.99. The Kier molecular flexibility index (Phi) is 9.85. The third-order valence-corrected chi connectivity index (χ3v) is 6.20. The Morgan fingerprint density at radius 3 is 1.00 bits per heavy atom. The average Bonchev–Trinajstić information content (AvgIpc) is 2.93. The first-order valence-electron chi connectivity index (χ1n) is 12.8. The van der Waals surface area contributed by atoms with Crippen LogP contribution in [0.2, 0.25) is 0 Å². The number of nitrogens with two attached hydrogens (primary N) is 2. The van der Waals surface area contributed by atoms with Crippen LogP contribution >= 0.6 is 0 Å². The van der Waals surface area contributed by atoms with Gasteiger partial charge in [0, 0.05) is 11.4 Å². The summed E-state index contributed by atoms with van der Waals surface area (Å²) in [5.41, 5.74) is 18.2. The first kappa shape index (κ1) is 26.1. The van der Waals surface area contributed by atoms with E-state index in [2.05, 4.69) is 48.5 Å². The lowest BCUT2D eigenvalue weighted by atomic mass is 10.0. The van der Waals surface area contributed by atoms with E-state index < -0.39 is 0 Å². The van der Waals surface area contributed by atoms with Gasteiger partial charge in [-0.2, -0.15) is 0 Å². The lowest BCUT2D eigenvalue weighted by Gasteiger charge is -2.10. The summed E-state index contributed by atoms with van der Waals surface area (Å²) >= 11 is 0. The predicted octanol–water partition coefficient (Wildman–Crippen LogP) is 5.90. The molecule has 192 valence electrons. The van der Waals surface area contributed by atoms with E-state index in [-0.39, 0.29) is 0 Å². The van der Waals surface area contributed by atoms with Crippen LogP contribution in [-0.4, -0.2) is 26.4 Å². The molecule has 37 heavy (non-hydrogen) atoms. The maximum atomic E-state index is 5.79. The van der Waals surface area contributed by atoms with Crippen LogP contribution in [0.1, 0.15) is 22.3 Å². The molecule has 0 aliphatic heterocycles. The van der Waals surface area contributed by atoms with Crippen molar-refractivity contribution in [1.29, 1.82) is 0 Å². The van der Waals surface area contributed by atoms with Gasteiger partial charge in [0.2, 0.25) is 0 Å². The third-order valence-electron chi connectivity index (χ3n) is 6.20. The molecule has 4 aromatic rings. The molecule has 0 atom stereocenters. The standard InChI is InChI=1S/C32H36N2O3/c33-29-13-5-25(6-14-29)1-3-27-9-17-31(18-10-27)36-23-21-35-22-24-37-32-19-11-28(12-20-32)4-2-26-7-15-30(34)16-8-26/h5-20H,1-4,21-24,33-34H2. The summed E-state index contributed by atoms with van der Waals surface area (Å²) < 4.78 is 17.2. The number of ether oxygens (including phenoxy) is 3. The molecule has 0 saturated heterocycles. The van der Waals surface area contributed by atoms with Crippen LogP contribution in [0.15, 0.2) is 97.1 Å². The number of rotatable bonds is 14. The Labute approximate surface area is 220 Å². The maximum Gasteiger partial charge on any atom is 0.119 e. The van der Waals surface area contributed by atoms with Gasteiger partial charge in [-0.3, -0.25) is 0 Å². The quantitative estimate of drug-likeness (QED) is 0.168. The number of hydrogen-bond acceptors (Lipinski definition) is 5. The third kappa shape index (κ3) is 9.21. The summed E-state index contributed by atoms with van der Waals surface area (Å²) in [6.45, 7) is 2.06. The minimum Gasteiger partial charge on any atom is -0.491 e. The van der Waals surface area contributed by atoms with Gasteiger partial charge in [0.05, 0.1) is 13.2 Å². The van der Waals surface area contributed by atoms with Gasteiger partial charge in [0.15, 0.2) is 0 Å². The number of benzene rings is 4. The maximum absolute atomic E-state index is 5.79. The molecule has 4 N–H and O–H groups in total. The highest BCUT2D eigenvalue weighted by Crippen LogP contribution is 2.16. The Hall–Kier alpha value is -3.96. The molecule has 0 unspecified atom stereocenters. The van der Waals surface area contributed by atoms with Crippen molar-refractivity contribution in [2.75, 3.05) is 37.9 Å². The topological polar surface area (TPSA) is 79.7 Å². The Morgan fingerprint density at radius 2 is 0.676 bits per heavy atom. The van der Waals surface area contributed by atoms with Crippen LogP contribution in [0.3, 0.4) is 0 Å². The van der Waals surface area contributed by atoms with Crippen molar-refractivity contribution in [3.8, 4) is 11.5 Å². The van der Waals surface area contributed by atoms with Crippen molar-refractivity contribution in [2.24, 2.45) is 0 Å². The molecule has 4 aromatic carbocycles. The number of nitrogen functional groups attached to an aromatic ring is 2. The van der Waals surface area contributed by atoms with E-state index in [1.165, 1.54) is 22.3 Å². The van der Waals surface area contributed by atoms with Crippen molar-refractivity contribution in [3.05, 3.63) is 119 Å². The van der Waals surface area contributed by atoms with E-state index >= 15 is 0 Å². The van der Waals surface area contributed by atoms with E-state index in [9.17, 15) is 0 Å². The Morgan fingerprint density at radius 1 is 0.378 bits per heavy atom. The van der Waals surface area contributed by atoms with Gasteiger partial charge in [0.1, 0.15) is 24.7 Å². The SMILES string of the molecule is Nc1ccc(CCc2ccc(OCCOCCOc3ccc(CCc4ccc(N)cc4)cc3)cc2)cc1. The zero-order valence-corrected chi connectivity index (χ0v) is 21.3. The fraction of sp³-hybridized carbons (Fsp3) is 0.250. The molecule has 5 nitrogen and oxygen atoms in total. The highest BCUT2D eigenvalue weighted by Gasteiger charge is 2.01. The highest BCUT2D eigenvalue weighted by atomic mass is 16.5. The molecular formula is C32H36N2O3. The summed E-state index contributed by atoms with van der Waals surface area (Å²) in [6, 6.07) is 32.6. The second-order valence-corrected chi connectivity index (χ2v) is 9.08. The number of anilines is 2. The Bertz CT molecular complexity index is 1090. The average molecular weight is 497 g/mol. The van der Waals surface area contributed by atoms with Crippen LogP contribution in [0.25, 0.3) is 0 Å². The van der Waals surface area contributed by atoms with Gasteiger partial charge in [-0.05, 0) is 96.5 Å². The van der Waals surface area contributed by atoms with E-state index in [1.807, 2.05) is 48.5 Å². The number of hydrogen-bond donors (Lipinski definition) is 2. The summed E-state index contributed by atoms with van der Waals surface area (Å²) in [7, 11) is 0. The van der Waals surface area contributed by atoms with Gasteiger partial charge >= 0.3 is 0 Å². The van der Waals surface area contributed by atoms with Crippen LogP contribution in [0.5, 0.6) is 11.5 Å². The molecule has 0 bridgehead atoms. The lowest BCUT2D eigenvalue weighted by molar-refractivity contribution is 0.0764. The largest absolute Gasteiger partial charge is 0.491 e. The summed E-state index contributed by atoms with van der Waals surface area (Å²) in [6.07, 6.45) is 3.95. The van der Waals surface area contributed by atoms with Crippen molar-refractivity contribution in [2.45, 2.75) is 25.7 Å². The van der Waals surface area contributed by atoms with Crippen LogP contribution in [0, 0.1) is 0 Å². The molecule has 0 heterocycles. The minimum atomic E-state index is 0.507. The zero-order chi connectivity index (χ0) is 25.7. The fourth-order valence-electron chi connectivity index (χ4n) is 3.99. The van der Waals surface area contributed by atoms with Gasteiger partial charge in [0.25, 0.3) is 0 Å².